The number of carbonyl (C=O) groups excluding carboxylic acids is 1. The number of methoxy groups -OCH3 is 1. The van der Waals surface area contributed by atoms with Gasteiger partial charge in [-0.15, -0.1) is 0 Å². The largest absolute Gasteiger partial charge is 0.383 e. The third kappa shape index (κ3) is 4.55. The standard InChI is InChI=1S/C13H27N3O2/c1-3-12(10-18-2)16-8-4-5-11(9-16)13(17)15-7-6-14/h11-12H,3-10,14H2,1-2H3,(H,15,17). The van der Waals surface area contributed by atoms with Crippen LogP contribution in [0.5, 0.6) is 0 Å². The third-order valence-electron chi connectivity index (χ3n) is 3.61. The lowest BCUT2D eigenvalue weighted by Crippen LogP contribution is -2.48. The van der Waals surface area contributed by atoms with Gasteiger partial charge in [0.2, 0.25) is 5.91 Å². The number of nitrogens with one attached hydrogen (secondary N) is 1. The molecule has 0 bridgehead atoms. The molecule has 1 amide bonds. The fourth-order valence-electron chi connectivity index (χ4n) is 2.57. The van der Waals surface area contributed by atoms with E-state index in [1.54, 1.807) is 7.11 Å². The number of hydrogen-bond donors (Lipinski definition) is 2. The summed E-state index contributed by atoms with van der Waals surface area (Å²) in [4.78, 5) is 14.3. The zero-order chi connectivity index (χ0) is 13.4. The third-order valence-corrected chi connectivity index (χ3v) is 3.61. The van der Waals surface area contributed by atoms with E-state index in [1.165, 1.54) is 0 Å². The van der Waals surface area contributed by atoms with Gasteiger partial charge in [-0.25, -0.2) is 0 Å². The van der Waals surface area contributed by atoms with Crippen LogP contribution >= 0.6 is 0 Å². The summed E-state index contributed by atoms with van der Waals surface area (Å²) in [6.45, 7) is 5.91. The van der Waals surface area contributed by atoms with Crippen molar-refractivity contribution in [1.29, 1.82) is 0 Å². The topological polar surface area (TPSA) is 67.6 Å². The van der Waals surface area contributed by atoms with Crippen molar-refractivity contribution in [2.75, 3.05) is 39.9 Å². The maximum Gasteiger partial charge on any atom is 0.224 e. The van der Waals surface area contributed by atoms with Crippen molar-refractivity contribution in [1.82, 2.24) is 10.2 Å². The van der Waals surface area contributed by atoms with E-state index in [1.807, 2.05) is 0 Å². The zero-order valence-electron chi connectivity index (χ0n) is 11.7. The number of piperidine rings is 1. The van der Waals surface area contributed by atoms with E-state index in [9.17, 15) is 4.79 Å². The Labute approximate surface area is 110 Å². The van der Waals surface area contributed by atoms with E-state index < -0.39 is 0 Å². The fraction of sp³-hybridized carbons (Fsp3) is 0.923. The molecule has 0 saturated carbocycles. The quantitative estimate of drug-likeness (QED) is 0.683. The SMILES string of the molecule is CCC(COC)N1CCCC(C(=O)NCCN)C1. The molecule has 1 aliphatic heterocycles. The molecule has 0 spiro atoms. The normalized spacial score (nSPS) is 22.7. The monoisotopic (exact) mass is 257 g/mol. The molecule has 2 atom stereocenters. The second-order valence-corrected chi connectivity index (χ2v) is 4.93. The first kappa shape index (κ1) is 15.4. The lowest BCUT2D eigenvalue weighted by Gasteiger charge is -2.37. The van der Waals surface area contributed by atoms with Crippen LogP contribution in [0.15, 0.2) is 0 Å². The maximum atomic E-state index is 11.9. The van der Waals surface area contributed by atoms with Crippen LogP contribution in [0.1, 0.15) is 26.2 Å². The molecular formula is C13H27N3O2. The van der Waals surface area contributed by atoms with Crippen molar-refractivity contribution in [3.63, 3.8) is 0 Å². The first-order valence-electron chi connectivity index (χ1n) is 6.93. The molecule has 5 heteroatoms. The van der Waals surface area contributed by atoms with Crippen LogP contribution in [0, 0.1) is 5.92 Å². The van der Waals surface area contributed by atoms with Crippen LogP contribution < -0.4 is 11.1 Å². The van der Waals surface area contributed by atoms with E-state index in [-0.39, 0.29) is 11.8 Å². The smallest absolute Gasteiger partial charge is 0.224 e. The molecule has 2 unspecified atom stereocenters. The summed E-state index contributed by atoms with van der Waals surface area (Å²) in [6.07, 6.45) is 3.13. The summed E-state index contributed by atoms with van der Waals surface area (Å²) in [5, 5.41) is 2.89. The predicted molar refractivity (Wildman–Crippen MR) is 72.3 cm³/mol. The van der Waals surface area contributed by atoms with Gasteiger partial charge in [-0.2, -0.15) is 0 Å². The number of likely N-dealkylation sites (tertiary alicyclic amines) is 1. The fourth-order valence-corrected chi connectivity index (χ4v) is 2.57. The highest BCUT2D eigenvalue weighted by atomic mass is 16.5. The molecule has 18 heavy (non-hydrogen) atoms. The summed E-state index contributed by atoms with van der Waals surface area (Å²) >= 11 is 0. The average Bonchev–Trinajstić information content (AvgIpc) is 2.42. The zero-order valence-corrected chi connectivity index (χ0v) is 11.7. The molecule has 0 aromatic heterocycles. The van der Waals surface area contributed by atoms with Gasteiger partial charge in [0, 0.05) is 32.8 Å². The van der Waals surface area contributed by atoms with Gasteiger partial charge in [-0.05, 0) is 25.8 Å². The van der Waals surface area contributed by atoms with Crippen molar-refractivity contribution in [2.45, 2.75) is 32.2 Å². The van der Waals surface area contributed by atoms with Crippen LogP contribution in [-0.2, 0) is 9.53 Å². The van der Waals surface area contributed by atoms with Gasteiger partial charge < -0.3 is 15.8 Å². The number of hydrogen-bond acceptors (Lipinski definition) is 4. The average molecular weight is 257 g/mol. The molecule has 3 N–H and O–H groups in total. The summed E-state index contributed by atoms with van der Waals surface area (Å²) in [7, 11) is 1.73. The molecule has 5 nitrogen and oxygen atoms in total. The van der Waals surface area contributed by atoms with Gasteiger partial charge >= 0.3 is 0 Å². The summed E-state index contributed by atoms with van der Waals surface area (Å²) in [5.74, 6) is 0.258. The van der Waals surface area contributed by atoms with Crippen LogP contribution in [0.2, 0.25) is 0 Å². The Bertz CT molecular complexity index is 248. The summed E-state index contributed by atoms with van der Waals surface area (Å²) in [5.41, 5.74) is 5.40. The number of nitrogens with two attached hydrogens (primary N) is 1. The predicted octanol–water partition coefficient (Wildman–Crippen LogP) is 0.198. The number of rotatable bonds is 7. The number of amides is 1. The minimum absolute atomic E-state index is 0.108. The molecule has 0 aromatic rings. The second kappa shape index (κ2) is 8.45. The first-order valence-corrected chi connectivity index (χ1v) is 6.93. The van der Waals surface area contributed by atoms with Gasteiger partial charge in [0.25, 0.3) is 0 Å². The Hall–Kier alpha value is -0.650. The van der Waals surface area contributed by atoms with E-state index in [4.69, 9.17) is 10.5 Å². The number of nitrogens with zero attached hydrogens (tertiary/aromatic N) is 1. The first-order chi connectivity index (χ1) is 8.72. The van der Waals surface area contributed by atoms with Gasteiger partial charge in [0.1, 0.15) is 0 Å². The Morgan fingerprint density at radius 1 is 1.61 bits per heavy atom. The minimum atomic E-state index is 0.108. The van der Waals surface area contributed by atoms with Crippen molar-refractivity contribution >= 4 is 5.91 Å². The van der Waals surface area contributed by atoms with Crippen molar-refractivity contribution in [2.24, 2.45) is 11.7 Å². The van der Waals surface area contributed by atoms with E-state index >= 15 is 0 Å². The van der Waals surface area contributed by atoms with Crippen LogP contribution in [-0.4, -0.2) is 56.7 Å². The number of carbonyl (C=O) groups is 1. The van der Waals surface area contributed by atoms with E-state index in [0.717, 1.165) is 39.0 Å². The van der Waals surface area contributed by atoms with Crippen LogP contribution in [0.3, 0.4) is 0 Å². The summed E-state index contributed by atoms with van der Waals surface area (Å²) in [6, 6.07) is 0.431. The number of ether oxygens (including phenoxy) is 1. The van der Waals surface area contributed by atoms with Crippen LogP contribution in [0.4, 0.5) is 0 Å². The molecule has 1 fully saturated rings. The molecule has 1 rings (SSSR count). The second-order valence-electron chi connectivity index (χ2n) is 4.93. The molecule has 1 saturated heterocycles. The van der Waals surface area contributed by atoms with E-state index in [0.29, 0.717) is 19.1 Å². The Morgan fingerprint density at radius 2 is 2.39 bits per heavy atom. The molecule has 1 heterocycles. The highest BCUT2D eigenvalue weighted by Crippen LogP contribution is 2.20. The Kier molecular flexibility index (Phi) is 7.23. The molecule has 106 valence electrons. The molecular weight excluding hydrogens is 230 g/mol. The molecule has 0 aliphatic carbocycles. The highest BCUT2D eigenvalue weighted by molar-refractivity contribution is 5.78. The molecule has 1 aliphatic rings. The van der Waals surface area contributed by atoms with Crippen molar-refractivity contribution in [3.05, 3.63) is 0 Å². The summed E-state index contributed by atoms with van der Waals surface area (Å²) < 4.78 is 5.25. The van der Waals surface area contributed by atoms with Gasteiger partial charge in [0.15, 0.2) is 0 Å². The lowest BCUT2D eigenvalue weighted by molar-refractivity contribution is -0.127. The minimum Gasteiger partial charge on any atom is -0.383 e. The molecule has 0 aromatic carbocycles. The van der Waals surface area contributed by atoms with Crippen molar-refractivity contribution in [3.8, 4) is 0 Å². The Balaban J connectivity index is 2.46. The Morgan fingerprint density at radius 3 is 3.00 bits per heavy atom. The lowest BCUT2D eigenvalue weighted by atomic mass is 9.95. The van der Waals surface area contributed by atoms with Crippen molar-refractivity contribution < 1.29 is 9.53 Å². The highest BCUT2D eigenvalue weighted by Gasteiger charge is 2.28. The van der Waals surface area contributed by atoms with Gasteiger partial charge in [-0.3, -0.25) is 9.69 Å². The van der Waals surface area contributed by atoms with Gasteiger partial charge in [0.05, 0.1) is 12.5 Å². The maximum absolute atomic E-state index is 11.9. The van der Waals surface area contributed by atoms with Crippen LogP contribution in [0.25, 0.3) is 0 Å². The van der Waals surface area contributed by atoms with Gasteiger partial charge in [-0.1, -0.05) is 6.92 Å². The van der Waals surface area contributed by atoms with E-state index in [2.05, 4.69) is 17.1 Å². The molecule has 0 radical (unpaired) electrons.